The van der Waals surface area contributed by atoms with E-state index in [-0.39, 0.29) is 22.1 Å². The highest BCUT2D eigenvalue weighted by molar-refractivity contribution is 7.92. The lowest BCUT2D eigenvalue weighted by atomic mass is 10.2. The normalized spacial score (nSPS) is 11.9. The first kappa shape index (κ1) is 23.0. The Morgan fingerprint density at radius 3 is 2.34 bits per heavy atom. The molecular weight excluding hydrogens is 433 g/mol. The van der Waals surface area contributed by atoms with Crippen molar-refractivity contribution in [2.75, 3.05) is 4.72 Å². The lowest BCUT2D eigenvalue weighted by molar-refractivity contribution is -0.122. The summed E-state index contributed by atoms with van der Waals surface area (Å²) in [5, 5.41) is 5.27. The zero-order valence-corrected chi connectivity index (χ0v) is 18.0. The first-order valence-electron chi connectivity index (χ1n) is 9.76. The van der Waals surface area contributed by atoms with Crippen molar-refractivity contribution in [2.45, 2.75) is 24.4 Å². The number of anilines is 1. The molecule has 0 bridgehead atoms. The third-order valence-electron chi connectivity index (χ3n) is 4.58. The van der Waals surface area contributed by atoms with E-state index in [1.54, 1.807) is 0 Å². The fraction of sp³-hybridized carbons (Fsp3) is 0.130. The molecule has 3 rings (SSSR count). The van der Waals surface area contributed by atoms with Crippen LogP contribution in [0.15, 0.2) is 83.8 Å². The van der Waals surface area contributed by atoms with Crippen molar-refractivity contribution in [3.05, 3.63) is 95.8 Å². The molecule has 32 heavy (non-hydrogen) atoms. The number of halogens is 1. The smallest absolute Gasteiger partial charge is 0.262 e. The van der Waals surface area contributed by atoms with E-state index in [4.69, 9.17) is 0 Å². The van der Waals surface area contributed by atoms with Crippen LogP contribution in [-0.2, 0) is 21.4 Å². The average Bonchev–Trinajstić information content (AvgIpc) is 2.79. The number of hydrogen-bond donors (Lipinski definition) is 3. The van der Waals surface area contributed by atoms with Crippen molar-refractivity contribution in [1.29, 1.82) is 0 Å². The van der Waals surface area contributed by atoms with Gasteiger partial charge in [-0.1, -0.05) is 48.5 Å². The molecule has 3 N–H and O–H groups in total. The molecule has 1 unspecified atom stereocenters. The maximum atomic E-state index is 13.8. The highest BCUT2D eigenvalue weighted by atomic mass is 32.2. The maximum absolute atomic E-state index is 13.8. The van der Waals surface area contributed by atoms with Crippen LogP contribution < -0.4 is 15.4 Å². The molecule has 7 nitrogen and oxygen atoms in total. The molecular formula is C23H22FN3O4S. The predicted octanol–water partition coefficient (Wildman–Crippen LogP) is 3.06. The van der Waals surface area contributed by atoms with Gasteiger partial charge >= 0.3 is 0 Å². The van der Waals surface area contributed by atoms with Gasteiger partial charge in [0.05, 0.1) is 10.6 Å². The minimum absolute atomic E-state index is 0.0455. The molecule has 9 heteroatoms. The molecule has 0 spiro atoms. The largest absolute Gasteiger partial charge is 0.350 e. The molecule has 0 aliphatic carbocycles. The SMILES string of the molecule is CC(NC(=O)c1cccc(S(=O)(=O)Nc2ccccc2F)c1)C(=O)NCc1ccccc1. The predicted molar refractivity (Wildman–Crippen MR) is 119 cm³/mol. The maximum Gasteiger partial charge on any atom is 0.262 e. The average molecular weight is 456 g/mol. The number of nitrogens with one attached hydrogen (secondary N) is 3. The summed E-state index contributed by atoms with van der Waals surface area (Å²) in [5.74, 6) is -1.72. The molecule has 0 saturated carbocycles. The van der Waals surface area contributed by atoms with E-state index >= 15 is 0 Å². The van der Waals surface area contributed by atoms with Crippen molar-refractivity contribution >= 4 is 27.5 Å². The second kappa shape index (κ2) is 10.1. The summed E-state index contributed by atoms with van der Waals surface area (Å²) in [5.41, 5.74) is 0.759. The third kappa shape index (κ3) is 5.92. The number of benzene rings is 3. The Balaban J connectivity index is 1.65. The summed E-state index contributed by atoms with van der Waals surface area (Å²) in [6.07, 6.45) is 0. The van der Waals surface area contributed by atoms with Crippen LogP contribution in [0.2, 0.25) is 0 Å². The molecule has 0 heterocycles. The Kier molecular flexibility index (Phi) is 7.21. The lowest BCUT2D eigenvalue weighted by Gasteiger charge is -2.15. The molecule has 0 saturated heterocycles. The van der Waals surface area contributed by atoms with Gasteiger partial charge < -0.3 is 10.6 Å². The molecule has 0 aromatic heterocycles. The summed E-state index contributed by atoms with van der Waals surface area (Å²) in [4.78, 5) is 24.6. The van der Waals surface area contributed by atoms with Gasteiger partial charge in [-0.3, -0.25) is 14.3 Å². The van der Waals surface area contributed by atoms with Crippen molar-refractivity contribution < 1.29 is 22.4 Å². The van der Waals surface area contributed by atoms with Crippen LogP contribution in [0.3, 0.4) is 0 Å². The summed E-state index contributed by atoms with van der Waals surface area (Å²) < 4.78 is 41.2. The number of para-hydroxylation sites is 1. The second-order valence-electron chi connectivity index (χ2n) is 7.01. The van der Waals surface area contributed by atoms with Gasteiger partial charge in [-0.25, -0.2) is 12.8 Å². The van der Waals surface area contributed by atoms with Gasteiger partial charge in [-0.05, 0) is 42.8 Å². The van der Waals surface area contributed by atoms with Crippen LogP contribution in [0.4, 0.5) is 10.1 Å². The number of amides is 2. The van der Waals surface area contributed by atoms with Crippen LogP contribution in [-0.4, -0.2) is 26.3 Å². The number of sulfonamides is 1. The van der Waals surface area contributed by atoms with Gasteiger partial charge in [0.25, 0.3) is 15.9 Å². The molecule has 0 radical (unpaired) electrons. The van der Waals surface area contributed by atoms with E-state index in [1.165, 1.54) is 43.3 Å². The van der Waals surface area contributed by atoms with Crippen molar-refractivity contribution in [1.82, 2.24) is 10.6 Å². The second-order valence-corrected chi connectivity index (χ2v) is 8.69. The molecule has 0 aliphatic rings. The summed E-state index contributed by atoms with van der Waals surface area (Å²) in [7, 11) is -4.13. The zero-order chi connectivity index (χ0) is 23.1. The molecule has 3 aromatic carbocycles. The van der Waals surface area contributed by atoms with E-state index in [0.717, 1.165) is 17.7 Å². The molecule has 3 aromatic rings. The Bertz CT molecular complexity index is 1220. The van der Waals surface area contributed by atoms with Gasteiger partial charge in [0, 0.05) is 12.1 Å². The van der Waals surface area contributed by atoms with Crippen LogP contribution in [0, 0.1) is 5.82 Å². The molecule has 0 aliphatic heterocycles. The van der Waals surface area contributed by atoms with Crippen molar-refractivity contribution in [3.63, 3.8) is 0 Å². The Labute approximate surface area is 185 Å². The standard InChI is InChI=1S/C23H22FN3O4S/c1-16(22(28)25-15-17-8-3-2-4-9-17)26-23(29)18-10-7-11-19(14-18)32(30,31)27-21-13-6-5-12-20(21)24/h2-14,16,27H,15H2,1H3,(H,25,28)(H,26,29). The zero-order valence-electron chi connectivity index (χ0n) is 17.2. The monoisotopic (exact) mass is 455 g/mol. The fourth-order valence-corrected chi connectivity index (χ4v) is 3.95. The highest BCUT2D eigenvalue weighted by Crippen LogP contribution is 2.19. The van der Waals surface area contributed by atoms with Crippen LogP contribution >= 0.6 is 0 Å². The van der Waals surface area contributed by atoms with Crippen molar-refractivity contribution in [3.8, 4) is 0 Å². The van der Waals surface area contributed by atoms with Crippen LogP contribution in [0.5, 0.6) is 0 Å². The quantitative estimate of drug-likeness (QED) is 0.486. The first-order chi connectivity index (χ1) is 15.3. The fourth-order valence-electron chi connectivity index (χ4n) is 2.84. The minimum atomic E-state index is -4.13. The third-order valence-corrected chi connectivity index (χ3v) is 5.94. The minimum Gasteiger partial charge on any atom is -0.350 e. The number of carbonyl (C=O) groups is 2. The molecule has 1 atom stereocenters. The molecule has 0 fully saturated rings. The first-order valence-corrected chi connectivity index (χ1v) is 11.2. The van der Waals surface area contributed by atoms with Crippen LogP contribution in [0.25, 0.3) is 0 Å². The number of hydrogen-bond acceptors (Lipinski definition) is 4. The highest BCUT2D eigenvalue weighted by Gasteiger charge is 2.20. The van der Waals surface area contributed by atoms with Crippen LogP contribution in [0.1, 0.15) is 22.8 Å². The molecule has 2 amide bonds. The summed E-state index contributed by atoms with van der Waals surface area (Å²) in [6, 6.07) is 19.1. The Morgan fingerprint density at radius 1 is 0.938 bits per heavy atom. The number of rotatable bonds is 8. The van der Waals surface area contributed by atoms with E-state index in [0.29, 0.717) is 6.54 Å². The Hall–Kier alpha value is -3.72. The number of carbonyl (C=O) groups excluding carboxylic acids is 2. The van der Waals surface area contributed by atoms with Gasteiger partial charge in [0.2, 0.25) is 5.91 Å². The summed E-state index contributed by atoms with van der Waals surface area (Å²) in [6.45, 7) is 1.84. The van der Waals surface area contributed by atoms with Gasteiger partial charge in [0.15, 0.2) is 0 Å². The van der Waals surface area contributed by atoms with E-state index in [9.17, 15) is 22.4 Å². The lowest BCUT2D eigenvalue weighted by Crippen LogP contribution is -2.44. The van der Waals surface area contributed by atoms with E-state index in [2.05, 4.69) is 15.4 Å². The van der Waals surface area contributed by atoms with Gasteiger partial charge in [-0.2, -0.15) is 0 Å². The summed E-state index contributed by atoms with van der Waals surface area (Å²) >= 11 is 0. The van der Waals surface area contributed by atoms with E-state index in [1.807, 2.05) is 30.3 Å². The topological polar surface area (TPSA) is 104 Å². The molecule has 166 valence electrons. The van der Waals surface area contributed by atoms with Gasteiger partial charge in [-0.15, -0.1) is 0 Å². The van der Waals surface area contributed by atoms with Gasteiger partial charge in [0.1, 0.15) is 11.9 Å². The van der Waals surface area contributed by atoms with Crippen molar-refractivity contribution in [2.24, 2.45) is 0 Å². The van der Waals surface area contributed by atoms with E-state index < -0.39 is 27.8 Å². The Morgan fingerprint density at radius 2 is 1.62 bits per heavy atom.